The molecule has 1 saturated carbocycles. The monoisotopic (exact) mass is 283 g/mol. The van der Waals surface area contributed by atoms with E-state index < -0.39 is 6.03 Å². The lowest BCUT2D eigenvalue weighted by atomic mass is 10.1. The van der Waals surface area contributed by atoms with Crippen LogP contribution in [-0.2, 0) is 0 Å². The number of unbranched alkanes of at least 4 members (excludes halogenated alkanes) is 5. The minimum Gasteiger partial charge on any atom is -0.370 e. The molecule has 6 N–H and O–H groups in total. The van der Waals surface area contributed by atoms with E-state index in [2.05, 4.69) is 15.6 Å². The Morgan fingerprint density at radius 1 is 0.950 bits per heavy atom. The van der Waals surface area contributed by atoms with E-state index in [0.717, 1.165) is 38.3 Å². The normalized spacial score (nSPS) is 15.1. The number of amides is 2. The first kappa shape index (κ1) is 16.6. The largest absolute Gasteiger partial charge is 0.370 e. The van der Waals surface area contributed by atoms with Crippen molar-refractivity contribution in [1.82, 2.24) is 10.6 Å². The van der Waals surface area contributed by atoms with Gasteiger partial charge in [0, 0.05) is 19.6 Å². The van der Waals surface area contributed by atoms with E-state index in [4.69, 9.17) is 11.5 Å². The van der Waals surface area contributed by atoms with Crippen molar-refractivity contribution in [2.45, 2.75) is 51.4 Å². The van der Waals surface area contributed by atoms with Gasteiger partial charge in [-0.2, -0.15) is 0 Å². The molecule has 1 aliphatic rings. The van der Waals surface area contributed by atoms with Crippen LogP contribution < -0.4 is 22.1 Å². The summed E-state index contributed by atoms with van der Waals surface area (Å²) in [5, 5.41) is 5.75. The Morgan fingerprint density at radius 2 is 1.50 bits per heavy atom. The number of nitrogens with zero attached hydrogens (tertiary/aromatic N) is 1. The van der Waals surface area contributed by atoms with E-state index in [9.17, 15) is 4.79 Å². The summed E-state index contributed by atoms with van der Waals surface area (Å²) in [6.45, 7) is 2.48. The number of primary amides is 1. The predicted molar refractivity (Wildman–Crippen MR) is 82.5 cm³/mol. The van der Waals surface area contributed by atoms with Crippen molar-refractivity contribution in [2.24, 2.45) is 22.4 Å². The van der Waals surface area contributed by atoms with Gasteiger partial charge in [-0.15, -0.1) is 0 Å². The number of urea groups is 1. The van der Waals surface area contributed by atoms with E-state index in [1.54, 1.807) is 0 Å². The molecule has 0 radical (unpaired) electrons. The van der Waals surface area contributed by atoms with Crippen molar-refractivity contribution in [2.75, 3.05) is 19.6 Å². The Bertz CT molecular complexity index is 302. The average Bonchev–Trinajstić information content (AvgIpc) is 3.22. The molecule has 1 rings (SSSR count). The van der Waals surface area contributed by atoms with Gasteiger partial charge in [0.05, 0.1) is 0 Å². The van der Waals surface area contributed by atoms with Crippen molar-refractivity contribution >= 4 is 12.0 Å². The Labute approximate surface area is 121 Å². The van der Waals surface area contributed by atoms with Gasteiger partial charge >= 0.3 is 6.03 Å². The van der Waals surface area contributed by atoms with E-state index >= 15 is 0 Å². The van der Waals surface area contributed by atoms with Gasteiger partial charge in [0.25, 0.3) is 0 Å². The fourth-order valence-corrected chi connectivity index (χ4v) is 1.97. The smallest absolute Gasteiger partial charge is 0.312 e. The van der Waals surface area contributed by atoms with Gasteiger partial charge in [-0.1, -0.05) is 25.7 Å². The summed E-state index contributed by atoms with van der Waals surface area (Å²) in [4.78, 5) is 14.7. The third-order valence-corrected chi connectivity index (χ3v) is 3.43. The van der Waals surface area contributed by atoms with Crippen LogP contribution in [0.4, 0.5) is 4.79 Å². The number of aliphatic imine (C=N–C) groups is 1. The lowest BCUT2D eigenvalue weighted by Gasteiger charge is -2.05. The molecule has 0 saturated heterocycles. The molecule has 0 atom stereocenters. The molecule has 0 bridgehead atoms. The minimum absolute atomic E-state index is 0.433. The maximum atomic E-state index is 10.4. The van der Waals surface area contributed by atoms with Gasteiger partial charge in [-0.25, -0.2) is 4.79 Å². The quantitative estimate of drug-likeness (QED) is 0.261. The maximum Gasteiger partial charge on any atom is 0.312 e. The SMILES string of the molecule is NC(=O)NCCCCCCCCNC(N)=NCC1CC1. The van der Waals surface area contributed by atoms with Crippen LogP contribution in [0.1, 0.15) is 51.4 Å². The van der Waals surface area contributed by atoms with Crippen LogP contribution in [0.2, 0.25) is 0 Å². The Balaban J connectivity index is 1.77. The Hall–Kier alpha value is -1.46. The van der Waals surface area contributed by atoms with Crippen LogP contribution in [0.3, 0.4) is 0 Å². The van der Waals surface area contributed by atoms with E-state index in [-0.39, 0.29) is 0 Å². The Morgan fingerprint density at radius 3 is 2.05 bits per heavy atom. The van der Waals surface area contributed by atoms with E-state index in [1.807, 2.05) is 0 Å². The molecular formula is C14H29N5O. The van der Waals surface area contributed by atoms with Crippen molar-refractivity contribution in [3.63, 3.8) is 0 Å². The molecule has 1 fully saturated rings. The summed E-state index contributed by atoms with van der Waals surface area (Å²) in [6.07, 6.45) is 9.51. The zero-order chi connectivity index (χ0) is 14.6. The van der Waals surface area contributed by atoms with Crippen molar-refractivity contribution in [1.29, 1.82) is 0 Å². The molecule has 0 heterocycles. The number of nitrogens with one attached hydrogen (secondary N) is 2. The lowest BCUT2D eigenvalue weighted by Crippen LogP contribution is -2.32. The Kier molecular flexibility index (Phi) is 8.58. The highest BCUT2D eigenvalue weighted by atomic mass is 16.2. The second-order valence-corrected chi connectivity index (χ2v) is 5.51. The maximum absolute atomic E-state index is 10.4. The third-order valence-electron chi connectivity index (χ3n) is 3.43. The molecule has 0 aliphatic heterocycles. The van der Waals surface area contributed by atoms with Gasteiger partial charge in [-0.05, 0) is 31.6 Å². The van der Waals surface area contributed by atoms with E-state index in [1.165, 1.54) is 32.1 Å². The van der Waals surface area contributed by atoms with Gasteiger partial charge < -0.3 is 22.1 Å². The number of hydrogen-bond donors (Lipinski definition) is 4. The number of nitrogens with two attached hydrogens (primary N) is 2. The predicted octanol–water partition coefficient (Wildman–Crippen LogP) is 1.31. The highest BCUT2D eigenvalue weighted by Gasteiger charge is 2.20. The van der Waals surface area contributed by atoms with Crippen molar-refractivity contribution < 1.29 is 4.79 Å². The summed E-state index contributed by atoms with van der Waals surface area (Å²) in [5.41, 5.74) is 10.7. The standard InChI is InChI=1S/C14H29N5O/c15-13(19-11-12-7-8-12)17-9-5-3-1-2-4-6-10-18-14(16)20/h12H,1-11H2,(H3,15,17,19)(H3,16,18,20). The fourth-order valence-electron chi connectivity index (χ4n) is 1.97. The molecule has 0 unspecified atom stereocenters. The second kappa shape index (κ2) is 10.3. The average molecular weight is 283 g/mol. The summed E-state index contributed by atoms with van der Waals surface area (Å²) in [6, 6.07) is -0.433. The molecule has 1 aliphatic carbocycles. The lowest BCUT2D eigenvalue weighted by molar-refractivity contribution is 0.248. The zero-order valence-electron chi connectivity index (χ0n) is 12.4. The van der Waals surface area contributed by atoms with Crippen LogP contribution in [0.25, 0.3) is 0 Å². The minimum atomic E-state index is -0.433. The number of carbonyl (C=O) groups excluding carboxylic acids is 1. The zero-order valence-corrected chi connectivity index (χ0v) is 12.4. The van der Waals surface area contributed by atoms with Crippen LogP contribution >= 0.6 is 0 Å². The second-order valence-electron chi connectivity index (χ2n) is 5.51. The number of carbonyl (C=O) groups is 1. The summed E-state index contributed by atoms with van der Waals surface area (Å²) in [7, 11) is 0. The molecule has 0 aromatic rings. The molecular weight excluding hydrogens is 254 g/mol. The van der Waals surface area contributed by atoms with Crippen molar-refractivity contribution in [3.05, 3.63) is 0 Å². The number of rotatable bonds is 11. The first-order valence-corrected chi connectivity index (χ1v) is 7.75. The van der Waals surface area contributed by atoms with E-state index in [0.29, 0.717) is 12.5 Å². The van der Waals surface area contributed by atoms with Crippen molar-refractivity contribution in [3.8, 4) is 0 Å². The van der Waals surface area contributed by atoms with Crippen LogP contribution in [0.15, 0.2) is 4.99 Å². The molecule has 2 amide bonds. The highest BCUT2D eigenvalue weighted by Crippen LogP contribution is 2.28. The summed E-state index contributed by atoms with van der Waals surface area (Å²) in [5.74, 6) is 1.38. The molecule has 6 heteroatoms. The summed E-state index contributed by atoms with van der Waals surface area (Å²) >= 11 is 0. The molecule has 0 aromatic carbocycles. The highest BCUT2D eigenvalue weighted by molar-refractivity contribution is 5.77. The number of guanidine groups is 1. The third kappa shape index (κ3) is 10.5. The first-order valence-electron chi connectivity index (χ1n) is 7.75. The van der Waals surface area contributed by atoms with Gasteiger partial charge in [0.15, 0.2) is 5.96 Å². The van der Waals surface area contributed by atoms with Gasteiger partial charge in [0.1, 0.15) is 0 Å². The van der Waals surface area contributed by atoms with Crippen LogP contribution in [0, 0.1) is 5.92 Å². The number of hydrogen-bond acceptors (Lipinski definition) is 2. The first-order chi connectivity index (χ1) is 9.68. The summed E-state index contributed by atoms with van der Waals surface area (Å²) < 4.78 is 0. The molecule has 0 aromatic heterocycles. The molecule has 6 nitrogen and oxygen atoms in total. The molecule has 116 valence electrons. The van der Waals surface area contributed by atoms with Gasteiger partial charge in [0.2, 0.25) is 0 Å². The van der Waals surface area contributed by atoms with Crippen LogP contribution in [0.5, 0.6) is 0 Å². The van der Waals surface area contributed by atoms with Gasteiger partial charge in [-0.3, -0.25) is 4.99 Å². The van der Waals surface area contributed by atoms with Crippen LogP contribution in [-0.4, -0.2) is 31.6 Å². The molecule has 20 heavy (non-hydrogen) atoms. The fraction of sp³-hybridized carbons (Fsp3) is 0.857. The molecule has 0 spiro atoms. The topological polar surface area (TPSA) is 106 Å².